The molecule has 0 saturated heterocycles. The van der Waals surface area contributed by atoms with Crippen molar-refractivity contribution < 1.29 is 9.66 Å². The first kappa shape index (κ1) is 10.2. The molecule has 74 valence electrons. The molecule has 0 atom stereocenters. The Morgan fingerprint density at radius 2 is 2.21 bits per heavy atom. The highest BCUT2D eigenvalue weighted by molar-refractivity contribution is 5.56. The molecule has 4 nitrogen and oxygen atoms in total. The van der Waals surface area contributed by atoms with Gasteiger partial charge in [0.2, 0.25) is 6.20 Å². The van der Waals surface area contributed by atoms with Crippen molar-refractivity contribution in [1.82, 2.24) is 0 Å². The first-order chi connectivity index (χ1) is 6.74. The van der Waals surface area contributed by atoms with E-state index in [1.165, 1.54) is 6.08 Å². The predicted molar refractivity (Wildman–Crippen MR) is 53.6 cm³/mol. The van der Waals surface area contributed by atoms with E-state index >= 15 is 0 Å². The molecular formula is C10H11NO3. The summed E-state index contributed by atoms with van der Waals surface area (Å²) in [6.45, 7) is 2.41. The molecule has 0 bridgehead atoms. The summed E-state index contributed by atoms with van der Waals surface area (Å²) in [5, 5.41) is 10.1. The Labute approximate surface area is 82.0 Å². The smallest absolute Gasteiger partial charge is 0.235 e. The minimum absolute atomic E-state index is 0.497. The summed E-state index contributed by atoms with van der Waals surface area (Å²) in [7, 11) is 0. The van der Waals surface area contributed by atoms with Crippen LogP contribution < -0.4 is 4.74 Å². The van der Waals surface area contributed by atoms with Crippen LogP contribution in [0.4, 0.5) is 0 Å². The van der Waals surface area contributed by atoms with E-state index in [1.54, 1.807) is 12.1 Å². The fourth-order valence-electron chi connectivity index (χ4n) is 1.05. The van der Waals surface area contributed by atoms with Crippen LogP contribution in [0, 0.1) is 10.1 Å². The monoisotopic (exact) mass is 193 g/mol. The summed E-state index contributed by atoms with van der Waals surface area (Å²) >= 11 is 0. The highest BCUT2D eigenvalue weighted by Gasteiger charge is 1.99. The lowest BCUT2D eigenvalue weighted by Crippen LogP contribution is -1.93. The van der Waals surface area contributed by atoms with Crippen LogP contribution in [0.3, 0.4) is 0 Å². The van der Waals surface area contributed by atoms with Crippen molar-refractivity contribution in [3.8, 4) is 5.75 Å². The summed E-state index contributed by atoms with van der Waals surface area (Å²) in [6, 6.07) is 7.19. The lowest BCUT2D eigenvalue weighted by molar-refractivity contribution is -0.400. The van der Waals surface area contributed by atoms with Crippen molar-refractivity contribution in [3.63, 3.8) is 0 Å². The van der Waals surface area contributed by atoms with E-state index in [0.717, 1.165) is 6.20 Å². The molecule has 0 aliphatic heterocycles. The van der Waals surface area contributed by atoms with Gasteiger partial charge in [0.1, 0.15) is 5.75 Å². The van der Waals surface area contributed by atoms with Gasteiger partial charge in [-0.15, -0.1) is 0 Å². The van der Waals surface area contributed by atoms with Crippen LogP contribution in [0.5, 0.6) is 5.75 Å². The zero-order chi connectivity index (χ0) is 10.4. The molecular weight excluding hydrogens is 182 g/mol. The number of ether oxygens (including phenoxy) is 1. The number of nitro groups is 1. The molecule has 0 N–H and O–H groups in total. The highest BCUT2D eigenvalue weighted by atomic mass is 16.6. The Morgan fingerprint density at radius 3 is 2.86 bits per heavy atom. The number of rotatable bonds is 4. The minimum Gasteiger partial charge on any atom is -0.493 e. The van der Waals surface area contributed by atoms with E-state index in [0.29, 0.717) is 17.9 Å². The lowest BCUT2D eigenvalue weighted by Gasteiger charge is -2.04. The summed E-state index contributed by atoms with van der Waals surface area (Å²) in [6.07, 6.45) is 2.32. The molecule has 0 unspecified atom stereocenters. The summed E-state index contributed by atoms with van der Waals surface area (Å²) in [5.74, 6) is 0.660. The predicted octanol–water partition coefficient (Wildman–Crippen LogP) is 2.33. The van der Waals surface area contributed by atoms with Crippen molar-refractivity contribution >= 4 is 6.08 Å². The summed E-state index contributed by atoms with van der Waals surface area (Å²) in [4.78, 5) is 9.62. The van der Waals surface area contributed by atoms with E-state index in [2.05, 4.69) is 0 Å². The Kier molecular flexibility index (Phi) is 3.67. The van der Waals surface area contributed by atoms with Crippen molar-refractivity contribution in [2.45, 2.75) is 6.92 Å². The Balaban J connectivity index is 2.89. The summed E-state index contributed by atoms with van der Waals surface area (Å²) < 4.78 is 5.30. The molecule has 14 heavy (non-hydrogen) atoms. The Hall–Kier alpha value is -1.84. The second kappa shape index (κ2) is 5.01. The van der Waals surface area contributed by atoms with Crippen LogP contribution in [-0.4, -0.2) is 11.5 Å². The van der Waals surface area contributed by atoms with Crippen LogP contribution in [0.25, 0.3) is 6.08 Å². The van der Waals surface area contributed by atoms with Gasteiger partial charge in [0.15, 0.2) is 0 Å². The largest absolute Gasteiger partial charge is 0.493 e. The van der Waals surface area contributed by atoms with Gasteiger partial charge in [-0.2, -0.15) is 0 Å². The van der Waals surface area contributed by atoms with E-state index < -0.39 is 4.92 Å². The van der Waals surface area contributed by atoms with E-state index in [4.69, 9.17) is 4.74 Å². The van der Waals surface area contributed by atoms with Gasteiger partial charge in [-0.25, -0.2) is 0 Å². The summed E-state index contributed by atoms with van der Waals surface area (Å²) in [5.41, 5.74) is 0.714. The SMILES string of the molecule is CCOc1ccccc1C=C[N+](=O)[O-]. The van der Waals surface area contributed by atoms with Crippen molar-refractivity contribution in [3.05, 3.63) is 46.1 Å². The zero-order valence-electron chi connectivity index (χ0n) is 7.84. The molecule has 0 saturated carbocycles. The maximum Gasteiger partial charge on any atom is 0.235 e. The topological polar surface area (TPSA) is 52.4 Å². The van der Waals surface area contributed by atoms with Gasteiger partial charge >= 0.3 is 0 Å². The van der Waals surface area contributed by atoms with Gasteiger partial charge in [0.05, 0.1) is 11.5 Å². The minimum atomic E-state index is -0.497. The molecule has 1 rings (SSSR count). The maximum atomic E-state index is 10.1. The second-order valence-electron chi connectivity index (χ2n) is 2.57. The van der Waals surface area contributed by atoms with Gasteiger partial charge in [0, 0.05) is 11.6 Å². The molecule has 4 heteroatoms. The molecule has 1 aromatic rings. The molecule has 0 aliphatic rings. The number of para-hydroxylation sites is 1. The van der Waals surface area contributed by atoms with Crippen LogP contribution >= 0.6 is 0 Å². The first-order valence-electron chi connectivity index (χ1n) is 4.27. The molecule has 0 radical (unpaired) electrons. The Bertz CT molecular complexity index is 347. The fraction of sp³-hybridized carbons (Fsp3) is 0.200. The zero-order valence-corrected chi connectivity index (χ0v) is 7.84. The quantitative estimate of drug-likeness (QED) is 0.544. The van der Waals surface area contributed by atoms with Gasteiger partial charge in [-0.05, 0) is 13.0 Å². The maximum absolute atomic E-state index is 10.1. The van der Waals surface area contributed by atoms with E-state index in [-0.39, 0.29) is 0 Å². The van der Waals surface area contributed by atoms with E-state index in [9.17, 15) is 10.1 Å². The van der Waals surface area contributed by atoms with Crippen LogP contribution in [-0.2, 0) is 0 Å². The third-order valence-electron chi connectivity index (χ3n) is 1.59. The molecule has 0 spiro atoms. The first-order valence-corrected chi connectivity index (χ1v) is 4.27. The molecule has 0 fully saturated rings. The third-order valence-corrected chi connectivity index (χ3v) is 1.59. The molecule has 0 heterocycles. The number of hydrogen-bond donors (Lipinski definition) is 0. The van der Waals surface area contributed by atoms with Gasteiger partial charge in [-0.3, -0.25) is 10.1 Å². The van der Waals surface area contributed by atoms with Crippen LogP contribution in [0.1, 0.15) is 12.5 Å². The average molecular weight is 193 g/mol. The number of nitrogens with zero attached hydrogens (tertiary/aromatic N) is 1. The van der Waals surface area contributed by atoms with E-state index in [1.807, 2.05) is 19.1 Å². The highest BCUT2D eigenvalue weighted by Crippen LogP contribution is 2.19. The molecule has 1 aromatic carbocycles. The van der Waals surface area contributed by atoms with Crippen molar-refractivity contribution in [1.29, 1.82) is 0 Å². The molecule has 0 aliphatic carbocycles. The normalized spacial score (nSPS) is 10.4. The number of benzene rings is 1. The van der Waals surface area contributed by atoms with Crippen molar-refractivity contribution in [2.75, 3.05) is 6.61 Å². The third kappa shape index (κ3) is 2.90. The van der Waals surface area contributed by atoms with Gasteiger partial charge in [-0.1, -0.05) is 18.2 Å². The number of hydrogen-bond acceptors (Lipinski definition) is 3. The molecule has 0 aromatic heterocycles. The van der Waals surface area contributed by atoms with Gasteiger partial charge < -0.3 is 4.74 Å². The van der Waals surface area contributed by atoms with Crippen molar-refractivity contribution in [2.24, 2.45) is 0 Å². The molecule has 0 amide bonds. The van der Waals surface area contributed by atoms with Gasteiger partial charge in [0.25, 0.3) is 0 Å². The average Bonchev–Trinajstić information content (AvgIpc) is 2.17. The Morgan fingerprint density at radius 1 is 1.50 bits per heavy atom. The standard InChI is InChI=1S/C10H11NO3/c1-2-14-10-6-4-3-5-9(10)7-8-11(12)13/h3-8H,2H2,1H3. The second-order valence-corrected chi connectivity index (χ2v) is 2.57. The lowest BCUT2D eigenvalue weighted by atomic mass is 10.2. The van der Waals surface area contributed by atoms with Crippen LogP contribution in [0.2, 0.25) is 0 Å². The van der Waals surface area contributed by atoms with Crippen LogP contribution in [0.15, 0.2) is 30.5 Å². The fourth-order valence-corrected chi connectivity index (χ4v) is 1.05.